The van der Waals surface area contributed by atoms with Crippen molar-refractivity contribution in [3.05, 3.63) is 48.0 Å². The number of amides is 1. The van der Waals surface area contributed by atoms with Crippen molar-refractivity contribution in [1.82, 2.24) is 24.6 Å². The molecule has 1 fully saturated rings. The molecule has 2 aliphatic heterocycles. The normalized spacial score (nSPS) is 21.0. The Kier molecular flexibility index (Phi) is 4.30. The highest BCUT2D eigenvalue weighted by molar-refractivity contribution is 5.78. The van der Waals surface area contributed by atoms with Gasteiger partial charge in [-0.15, -0.1) is 0 Å². The molecule has 0 saturated carbocycles. The van der Waals surface area contributed by atoms with E-state index in [1.807, 2.05) is 9.58 Å². The van der Waals surface area contributed by atoms with E-state index in [0.29, 0.717) is 12.6 Å². The largest absolute Gasteiger partial charge is 0.337 e. The second-order valence-corrected chi connectivity index (χ2v) is 6.72. The van der Waals surface area contributed by atoms with Crippen LogP contribution in [0.5, 0.6) is 0 Å². The monoisotopic (exact) mass is 325 g/mol. The first-order valence-electron chi connectivity index (χ1n) is 8.70. The predicted octanol–water partition coefficient (Wildman–Crippen LogP) is 1.33. The number of benzene rings is 1. The summed E-state index contributed by atoms with van der Waals surface area (Å²) in [7, 11) is 0. The summed E-state index contributed by atoms with van der Waals surface area (Å²) in [6.45, 7) is 3.90. The van der Waals surface area contributed by atoms with Crippen LogP contribution in [0.1, 0.15) is 24.0 Å². The summed E-state index contributed by atoms with van der Waals surface area (Å²) in [4.78, 5) is 21.1. The number of hydrogen-bond donors (Lipinski definition) is 0. The second kappa shape index (κ2) is 6.73. The van der Waals surface area contributed by atoms with Gasteiger partial charge in [0, 0.05) is 19.1 Å². The summed E-state index contributed by atoms with van der Waals surface area (Å²) >= 11 is 0. The van der Waals surface area contributed by atoms with Crippen molar-refractivity contribution in [2.24, 2.45) is 0 Å². The molecule has 0 bridgehead atoms. The SMILES string of the molecule is O=C(CN1CCC[C@H]1Cn1cncn1)N1CCc2ccccc2C1. The minimum Gasteiger partial charge on any atom is -0.337 e. The summed E-state index contributed by atoms with van der Waals surface area (Å²) < 4.78 is 1.87. The van der Waals surface area contributed by atoms with Crippen LogP contribution in [0.2, 0.25) is 0 Å². The van der Waals surface area contributed by atoms with Crippen molar-refractivity contribution in [3.8, 4) is 0 Å². The molecule has 6 nitrogen and oxygen atoms in total. The molecule has 1 saturated heterocycles. The maximum Gasteiger partial charge on any atom is 0.237 e. The molecule has 1 aromatic heterocycles. The van der Waals surface area contributed by atoms with Crippen molar-refractivity contribution < 1.29 is 4.79 Å². The maximum atomic E-state index is 12.8. The molecule has 0 aliphatic carbocycles. The number of fused-ring (bicyclic) bond motifs is 1. The lowest BCUT2D eigenvalue weighted by Gasteiger charge is -2.31. The molecular weight excluding hydrogens is 302 g/mol. The standard InChI is InChI=1S/C18H23N5O/c24-18(22-9-7-15-4-1-2-5-16(15)10-22)12-21-8-3-6-17(21)11-23-14-19-13-20-23/h1-2,4-5,13-14,17H,3,6-12H2/t17-/m0/s1. The number of aromatic nitrogens is 3. The van der Waals surface area contributed by atoms with E-state index < -0.39 is 0 Å². The molecule has 4 rings (SSSR count). The number of rotatable bonds is 4. The Balaban J connectivity index is 1.37. The van der Waals surface area contributed by atoms with E-state index in [1.165, 1.54) is 11.1 Å². The average Bonchev–Trinajstić information content (AvgIpc) is 3.27. The van der Waals surface area contributed by atoms with Gasteiger partial charge in [-0.1, -0.05) is 24.3 Å². The molecule has 1 aromatic carbocycles. The number of nitrogens with zero attached hydrogens (tertiary/aromatic N) is 5. The van der Waals surface area contributed by atoms with E-state index in [2.05, 4.69) is 39.2 Å². The molecule has 0 radical (unpaired) electrons. The Morgan fingerprint density at radius 1 is 1.21 bits per heavy atom. The van der Waals surface area contributed by atoms with Crippen molar-refractivity contribution in [2.45, 2.75) is 38.4 Å². The van der Waals surface area contributed by atoms with Crippen LogP contribution < -0.4 is 0 Å². The van der Waals surface area contributed by atoms with E-state index >= 15 is 0 Å². The zero-order valence-corrected chi connectivity index (χ0v) is 13.8. The molecule has 0 unspecified atom stereocenters. The van der Waals surface area contributed by atoms with Crippen LogP contribution in [0, 0.1) is 0 Å². The van der Waals surface area contributed by atoms with E-state index in [4.69, 9.17) is 0 Å². The van der Waals surface area contributed by atoms with Gasteiger partial charge in [0.2, 0.25) is 5.91 Å². The highest BCUT2D eigenvalue weighted by atomic mass is 16.2. The van der Waals surface area contributed by atoms with Gasteiger partial charge >= 0.3 is 0 Å². The molecule has 2 aromatic rings. The Morgan fingerprint density at radius 2 is 2.08 bits per heavy atom. The fraction of sp³-hybridized carbons (Fsp3) is 0.500. The van der Waals surface area contributed by atoms with Gasteiger partial charge in [0.05, 0.1) is 13.1 Å². The highest BCUT2D eigenvalue weighted by Gasteiger charge is 2.29. The summed E-state index contributed by atoms with van der Waals surface area (Å²) in [5, 5.41) is 4.19. The van der Waals surface area contributed by atoms with Gasteiger partial charge in [0.15, 0.2) is 0 Å². The molecule has 126 valence electrons. The fourth-order valence-electron chi connectivity index (χ4n) is 3.84. The minimum atomic E-state index is 0.245. The lowest BCUT2D eigenvalue weighted by Crippen LogP contribution is -2.45. The van der Waals surface area contributed by atoms with Crippen LogP contribution in [0.4, 0.5) is 0 Å². The maximum absolute atomic E-state index is 12.8. The van der Waals surface area contributed by atoms with Gasteiger partial charge in [-0.05, 0) is 36.9 Å². The third-order valence-electron chi connectivity index (χ3n) is 5.19. The molecule has 0 N–H and O–H groups in total. The summed E-state index contributed by atoms with van der Waals surface area (Å²) in [5.74, 6) is 0.245. The van der Waals surface area contributed by atoms with Gasteiger partial charge in [0.1, 0.15) is 12.7 Å². The van der Waals surface area contributed by atoms with Crippen LogP contribution in [0.25, 0.3) is 0 Å². The first kappa shape index (κ1) is 15.3. The number of hydrogen-bond acceptors (Lipinski definition) is 4. The molecule has 0 spiro atoms. The molecule has 24 heavy (non-hydrogen) atoms. The number of carbonyl (C=O) groups excluding carboxylic acids is 1. The van der Waals surface area contributed by atoms with E-state index in [9.17, 15) is 4.79 Å². The first-order chi connectivity index (χ1) is 11.8. The predicted molar refractivity (Wildman–Crippen MR) is 90.2 cm³/mol. The molecule has 2 aliphatic rings. The third-order valence-corrected chi connectivity index (χ3v) is 5.19. The van der Waals surface area contributed by atoms with Gasteiger partial charge in [-0.25, -0.2) is 4.98 Å². The zero-order chi connectivity index (χ0) is 16.4. The van der Waals surface area contributed by atoms with E-state index in [0.717, 1.165) is 45.4 Å². The van der Waals surface area contributed by atoms with Gasteiger partial charge < -0.3 is 4.90 Å². The van der Waals surface area contributed by atoms with Crippen molar-refractivity contribution in [2.75, 3.05) is 19.6 Å². The van der Waals surface area contributed by atoms with Crippen LogP contribution in [0.15, 0.2) is 36.9 Å². The number of likely N-dealkylation sites (tertiary alicyclic amines) is 1. The molecule has 3 heterocycles. The Bertz CT molecular complexity index is 699. The van der Waals surface area contributed by atoms with Gasteiger partial charge in [0.25, 0.3) is 0 Å². The summed E-state index contributed by atoms with van der Waals surface area (Å²) in [5.41, 5.74) is 2.67. The minimum absolute atomic E-state index is 0.245. The Hall–Kier alpha value is -2.21. The third kappa shape index (κ3) is 3.19. The summed E-state index contributed by atoms with van der Waals surface area (Å²) in [6.07, 6.45) is 6.55. The molecular formula is C18H23N5O. The zero-order valence-electron chi connectivity index (χ0n) is 13.8. The summed E-state index contributed by atoms with van der Waals surface area (Å²) in [6, 6.07) is 8.83. The van der Waals surface area contributed by atoms with Crippen LogP contribution >= 0.6 is 0 Å². The van der Waals surface area contributed by atoms with Gasteiger partial charge in [-0.2, -0.15) is 5.10 Å². The average molecular weight is 325 g/mol. The Morgan fingerprint density at radius 3 is 2.92 bits per heavy atom. The van der Waals surface area contributed by atoms with Crippen LogP contribution in [0.3, 0.4) is 0 Å². The van der Waals surface area contributed by atoms with Crippen molar-refractivity contribution in [3.63, 3.8) is 0 Å². The second-order valence-electron chi connectivity index (χ2n) is 6.72. The lowest BCUT2D eigenvalue weighted by atomic mass is 10.00. The van der Waals surface area contributed by atoms with Crippen molar-refractivity contribution >= 4 is 5.91 Å². The lowest BCUT2D eigenvalue weighted by molar-refractivity contribution is -0.133. The topological polar surface area (TPSA) is 54.3 Å². The van der Waals surface area contributed by atoms with E-state index in [-0.39, 0.29) is 5.91 Å². The van der Waals surface area contributed by atoms with Crippen molar-refractivity contribution in [1.29, 1.82) is 0 Å². The smallest absolute Gasteiger partial charge is 0.237 e. The van der Waals surface area contributed by atoms with Gasteiger partial charge in [-0.3, -0.25) is 14.4 Å². The fourth-order valence-corrected chi connectivity index (χ4v) is 3.84. The molecule has 1 amide bonds. The van der Waals surface area contributed by atoms with Crippen LogP contribution in [-0.4, -0.2) is 56.1 Å². The van der Waals surface area contributed by atoms with E-state index in [1.54, 1.807) is 12.7 Å². The quantitative estimate of drug-likeness (QED) is 0.851. The molecule has 1 atom stereocenters. The Labute approximate surface area is 142 Å². The first-order valence-corrected chi connectivity index (χ1v) is 8.70. The van der Waals surface area contributed by atoms with Crippen LogP contribution in [-0.2, 0) is 24.3 Å². The molecule has 6 heteroatoms. The highest BCUT2D eigenvalue weighted by Crippen LogP contribution is 2.21. The number of carbonyl (C=O) groups is 1.